The minimum atomic E-state index is -0.412. The molecule has 8 heteroatoms. The van der Waals surface area contributed by atoms with Crippen molar-refractivity contribution >= 4 is 46.3 Å². The van der Waals surface area contributed by atoms with Gasteiger partial charge in [-0.1, -0.05) is 30.7 Å². The summed E-state index contributed by atoms with van der Waals surface area (Å²) < 4.78 is 5.35. The third-order valence-corrected chi connectivity index (χ3v) is 4.77. The third-order valence-electron chi connectivity index (χ3n) is 4.53. The van der Waals surface area contributed by atoms with Gasteiger partial charge in [0.05, 0.1) is 18.4 Å². The van der Waals surface area contributed by atoms with Crippen LogP contribution in [0, 0.1) is 0 Å². The highest BCUT2D eigenvalue weighted by molar-refractivity contribution is 6.36. The second-order valence-corrected chi connectivity index (χ2v) is 7.18. The molecule has 0 saturated heterocycles. The molecule has 0 fully saturated rings. The Bertz CT molecular complexity index is 1030. The van der Waals surface area contributed by atoms with Gasteiger partial charge in [0, 0.05) is 24.2 Å². The largest absolute Gasteiger partial charge is 0.495 e. The van der Waals surface area contributed by atoms with Gasteiger partial charge in [0.25, 0.3) is 11.8 Å². The molecule has 2 aromatic rings. The zero-order valence-corrected chi connectivity index (χ0v) is 17.7. The zero-order valence-electron chi connectivity index (χ0n) is 16.9. The average Bonchev–Trinajstić information content (AvgIpc) is 2.93. The molecule has 0 bridgehead atoms. The summed E-state index contributed by atoms with van der Waals surface area (Å²) in [5.41, 5.74) is 2.04. The van der Waals surface area contributed by atoms with Gasteiger partial charge in [0.15, 0.2) is 0 Å². The van der Waals surface area contributed by atoms with Gasteiger partial charge in [-0.3, -0.25) is 19.3 Å². The van der Waals surface area contributed by atoms with E-state index in [1.807, 2.05) is 6.92 Å². The van der Waals surface area contributed by atoms with Crippen LogP contribution in [-0.4, -0.2) is 36.3 Å². The number of hydrogen-bond acceptors (Lipinski definition) is 5. The Morgan fingerprint density at radius 1 is 1.10 bits per heavy atom. The molecule has 0 atom stereocenters. The van der Waals surface area contributed by atoms with Gasteiger partial charge in [0.2, 0.25) is 5.91 Å². The molecule has 3 amide bonds. The number of methoxy groups -OCH3 is 1. The molecule has 0 spiro atoms. The molecule has 0 aromatic heterocycles. The Hall–Kier alpha value is -3.32. The first-order valence-corrected chi connectivity index (χ1v) is 9.82. The minimum Gasteiger partial charge on any atom is -0.495 e. The molecule has 1 aliphatic heterocycles. The highest BCUT2D eigenvalue weighted by Gasteiger charge is 2.39. The predicted molar refractivity (Wildman–Crippen MR) is 116 cm³/mol. The van der Waals surface area contributed by atoms with E-state index in [0.717, 1.165) is 0 Å². The van der Waals surface area contributed by atoms with Crippen molar-refractivity contribution < 1.29 is 19.1 Å². The monoisotopic (exact) mass is 427 g/mol. The summed E-state index contributed by atoms with van der Waals surface area (Å²) in [5.74, 6) is -0.498. The van der Waals surface area contributed by atoms with E-state index in [2.05, 4.69) is 10.6 Å². The standard InChI is InChI=1S/C22H22ClN3O4/c1-4-11-26-21(28)19(14-5-8-16(9-6-14)24-13(2)27)20(22(26)29)25-17-12-15(23)7-10-18(17)30-3/h5-10,12,25H,4,11H2,1-3H3,(H,24,27). The van der Waals surface area contributed by atoms with Crippen LogP contribution >= 0.6 is 11.6 Å². The number of benzene rings is 2. The number of rotatable bonds is 7. The molecular formula is C22H22ClN3O4. The number of hydrogen-bond donors (Lipinski definition) is 2. The van der Waals surface area contributed by atoms with E-state index in [0.29, 0.717) is 40.7 Å². The highest BCUT2D eigenvalue weighted by atomic mass is 35.5. The van der Waals surface area contributed by atoms with E-state index >= 15 is 0 Å². The lowest BCUT2D eigenvalue weighted by Gasteiger charge is -2.15. The second-order valence-electron chi connectivity index (χ2n) is 6.74. The van der Waals surface area contributed by atoms with E-state index in [4.69, 9.17) is 16.3 Å². The summed E-state index contributed by atoms with van der Waals surface area (Å²) in [6.45, 7) is 3.62. The second kappa shape index (κ2) is 9.00. The molecule has 1 heterocycles. The summed E-state index contributed by atoms with van der Waals surface area (Å²) in [6.07, 6.45) is 0.639. The number of halogens is 1. The first kappa shape index (κ1) is 21.4. The molecule has 7 nitrogen and oxygen atoms in total. The third kappa shape index (κ3) is 4.31. The van der Waals surface area contributed by atoms with E-state index < -0.39 is 5.91 Å². The number of imide groups is 1. The van der Waals surface area contributed by atoms with Crippen LogP contribution in [0.2, 0.25) is 5.02 Å². The average molecular weight is 428 g/mol. The summed E-state index contributed by atoms with van der Waals surface area (Å²) in [5, 5.41) is 6.19. The van der Waals surface area contributed by atoms with Gasteiger partial charge in [-0.15, -0.1) is 0 Å². The topological polar surface area (TPSA) is 87.7 Å². The van der Waals surface area contributed by atoms with Crippen LogP contribution in [-0.2, 0) is 14.4 Å². The maximum atomic E-state index is 13.1. The predicted octanol–water partition coefficient (Wildman–Crippen LogP) is 3.91. The zero-order chi connectivity index (χ0) is 21.8. The van der Waals surface area contributed by atoms with Gasteiger partial charge in [0.1, 0.15) is 11.4 Å². The fourth-order valence-electron chi connectivity index (χ4n) is 3.22. The fourth-order valence-corrected chi connectivity index (χ4v) is 3.39. The number of nitrogens with one attached hydrogen (secondary N) is 2. The molecule has 3 rings (SSSR count). The lowest BCUT2D eigenvalue weighted by Crippen LogP contribution is -2.33. The Morgan fingerprint density at radius 2 is 1.80 bits per heavy atom. The molecule has 0 unspecified atom stereocenters. The van der Waals surface area contributed by atoms with E-state index in [-0.39, 0.29) is 23.1 Å². The van der Waals surface area contributed by atoms with Gasteiger partial charge in [-0.2, -0.15) is 0 Å². The van der Waals surface area contributed by atoms with Crippen LogP contribution in [0.25, 0.3) is 5.57 Å². The van der Waals surface area contributed by atoms with Crippen molar-refractivity contribution in [2.24, 2.45) is 0 Å². The van der Waals surface area contributed by atoms with Crippen LogP contribution in [0.4, 0.5) is 11.4 Å². The number of carbonyl (C=O) groups is 3. The van der Waals surface area contributed by atoms with E-state index in [9.17, 15) is 14.4 Å². The number of carbonyl (C=O) groups excluding carboxylic acids is 3. The van der Waals surface area contributed by atoms with Gasteiger partial charge in [-0.25, -0.2) is 0 Å². The van der Waals surface area contributed by atoms with E-state index in [1.54, 1.807) is 42.5 Å². The molecule has 2 aromatic carbocycles. The summed E-state index contributed by atoms with van der Waals surface area (Å²) in [4.78, 5) is 38.6. The molecule has 0 radical (unpaired) electrons. The normalized spacial score (nSPS) is 13.7. The number of nitrogens with zero attached hydrogens (tertiary/aromatic N) is 1. The van der Waals surface area contributed by atoms with E-state index in [1.165, 1.54) is 18.9 Å². The summed E-state index contributed by atoms with van der Waals surface area (Å²) in [7, 11) is 1.51. The van der Waals surface area contributed by atoms with Crippen molar-refractivity contribution in [1.82, 2.24) is 4.90 Å². The summed E-state index contributed by atoms with van der Waals surface area (Å²) >= 11 is 6.11. The van der Waals surface area contributed by atoms with Gasteiger partial charge >= 0.3 is 0 Å². The smallest absolute Gasteiger partial charge is 0.278 e. The van der Waals surface area contributed by atoms with Crippen LogP contribution in [0.15, 0.2) is 48.2 Å². The maximum Gasteiger partial charge on any atom is 0.278 e. The SMILES string of the molecule is CCCN1C(=O)C(Nc2cc(Cl)ccc2OC)=C(c2ccc(NC(C)=O)cc2)C1=O. The molecule has 1 aliphatic rings. The van der Waals surface area contributed by atoms with Crippen LogP contribution in [0.3, 0.4) is 0 Å². The molecule has 156 valence electrons. The van der Waals surface area contributed by atoms with Gasteiger partial charge < -0.3 is 15.4 Å². The molecule has 0 saturated carbocycles. The lowest BCUT2D eigenvalue weighted by molar-refractivity contribution is -0.136. The lowest BCUT2D eigenvalue weighted by atomic mass is 10.0. The quantitative estimate of drug-likeness (QED) is 0.654. The molecule has 30 heavy (non-hydrogen) atoms. The maximum absolute atomic E-state index is 13.1. The van der Waals surface area contributed by atoms with Crippen molar-refractivity contribution in [2.45, 2.75) is 20.3 Å². The minimum absolute atomic E-state index is 0.154. The van der Waals surface area contributed by atoms with Crippen LogP contribution in [0.5, 0.6) is 5.75 Å². The molecule has 0 aliphatic carbocycles. The van der Waals surface area contributed by atoms with Gasteiger partial charge in [-0.05, 0) is 42.3 Å². The Balaban J connectivity index is 2.07. The number of ether oxygens (including phenoxy) is 1. The van der Waals surface area contributed by atoms with Crippen molar-refractivity contribution in [1.29, 1.82) is 0 Å². The first-order valence-electron chi connectivity index (χ1n) is 9.44. The molecule has 2 N–H and O–H groups in total. The Kier molecular flexibility index (Phi) is 6.42. The van der Waals surface area contributed by atoms with Crippen molar-refractivity contribution in [3.63, 3.8) is 0 Å². The van der Waals surface area contributed by atoms with Crippen LogP contribution in [0.1, 0.15) is 25.8 Å². The number of anilines is 2. The van der Waals surface area contributed by atoms with Crippen molar-refractivity contribution in [3.8, 4) is 5.75 Å². The Labute approximate surface area is 179 Å². The van der Waals surface area contributed by atoms with Crippen LogP contribution < -0.4 is 15.4 Å². The Morgan fingerprint density at radius 3 is 2.40 bits per heavy atom. The van der Waals surface area contributed by atoms with Crippen molar-refractivity contribution in [3.05, 3.63) is 58.7 Å². The molecular weight excluding hydrogens is 406 g/mol. The highest BCUT2D eigenvalue weighted by Crippen LogP contribution is 2.35. The first-order chi connectivity index (χ1) is 14.3. The van der Waals surface area contributed by atoms with Crippen molar-refractivity contribution in [2.75, 3.05) is 24.3 Å². The number of amides is 3. The fraction of sp³-hybridized carbons (Fsp3) is 0.227. The summed E-state index contributed by atoms with van der Waals surface area (Å²) in [6, 6.07) is 11.7.